The second-order valence-corrected chi connectivity index (χ2v) is 6.55. The summed E-state index contributed by atoms with van der Waals surface area (Å²) < 4.78 is 26.6. The molecule has 0 atom stereocenters. The largest absolute Gasteiger partial charge is 0.367 e. The predicted molar refractivity (Wildman–Crippen MR) is 97.4 cm³/mol. The van der Waals surface area contributed by atoms with E-state index in [0.29, 0.717) is 26.2 Å². The monoisotopic (exact) mass is 363 g/mol. The number of hydrogen-bond acceptors (Lipinski definition) is 3. The smallest absolute Gasteiger partial charge is 0.322 e. The number of halogens is 2. The lowest BCUT2D eigenvalue weighted by Crippen LogP contribution is -2.50. The van der Waals surface area contributed by atoms with Crippen LogP contribution >= 0.6 is 11.8 Å². The van der Waals surface area contributed by atoms with E-state index in [1.165, 1.54) is 16.6 Å². The second-order valence-electron chi connectivity index (χ2n) is 5.70. The molecular formula is C18H19F2N3OS. The minimum Gasteiger partial charge on any atom is -0.367 e. The molecule has 1 fully saturated rings. The highest BCUT2D eigenvalue weighted by molar-refractivity contribution is 7.98. The Morgan fingerprint density at radius 2 is 1.80 bits per heavy atom. The molecule has 2 aromatic carbocycles. The van der Waals surface area contributed by atoms with Gasteiger partial charge in [-0.1, -0.05) is 12.1 Å². The van der Waals surface area contributed by atoms with Crippen LogP contribution in [0.25, 0.3) is 0 Å². The number of nitrogens with zero attached hydrogens (tertiary/aromatic N) is 2. The van der Waals surface area contributed by atoms with Crippen LogP contribution in [0.3, 0.4) is 0 Å². The van der Waals surface area contributed by atoms with Gasteiger partial charge < -0.3 is 15.1 Å². The number of thioether (sulfide) groups is 1. The van der Waals surface area contributed by atoms with Gasteiger partial charge >= 0.3 is 6.03 Å². The Hall–Kier alpha value is -2.28. The van der Waals surface area contributed by atoms with E-state index in [4.69, 9.17) is 0 Å². The van der Waals surface area contributed by atoms with E-state index in [9.17, 15) is 13.6 Å². The first-order chi connectivity index (χ1) is 12.1. The Bertz CT molecular complexity index is 764. The Labute approximate surface area is 149 Å². The zero-order valence-electron chi connectivity index (χ0n) is 13.8. The maximum absolute atomic E-state index is 13.7. The molecule has 4 nitrogen and oxygen atoms in total. The van der Waals surface area contributed by atoms with E-state index < -0.39 is 11.6 Å². The fourth-order valence-corrected chi connectivity index (χ4v) is 3.45. The highest BCUT2D eigenvalue weighted by atomic mass is 32.2. The number of nitrogens with one attached hydrogen (secondary N) is 1. The van der Waals surface area contributed by atoms with E-state index >= 15 is 0 Å². The number of benzene rings is 2. The molecule has 0 aliphatic carbocycles. The van der Waals surface area contributed by atoms with Gasteiger partial charge in [-0.3, -0.25) is 0 Å². The molecule has 3 rings (SSSR count). The predicted octanol–water partition coefficient (Wildman–Crippen LogP) is 4.04. The van der Waals surface area contributed by atoms with Crippen molar-refractivity contribution in [1.29, 1.82) is 0 Å². The minimum atomic E-state index is -0.777. The summed E-state index contributed by atoms with van der Waals surface area (Å²) in [5.41, 5.74) is 1.15. The summed E-state index contributed by atoms with van der Waals surface area (Å²) in [7, 11) is 0. The summed E-state index contributed by atoms with van der Waals surface area (Å²) in [6.45, 7) is 2.49. The Balaban J connectivity index is 1.61. The van der Waals surface area contributed by atoms with Crippen LogP contribution in [0, 0.1) is 11.6 Å². The second kappa shape index (κ2) is 7.74. The van der Waals surface area contributed by atoms with E-state index in [0.717, 1.165) is 12.1 Å². The molecule has 0 saturated carbocycles. The average Bonchev–Trinajstić information content (AvgIpc) is 2.64. The van der Waals surface area contributed by atoms with Gasteiger partial charge in [0, 0.05) is 37.1 Å². The van der Waals surface area contributed by atoms with Gasteiger partial charge in [0.25, 0.3) is 0 Å². The van der Waals surface area contributed by atoms with Crippen LogP contribution in [0.2, 0.25) is 0 Å². The van der Waals surface area contributed by atoms with Crippen LogP contribution in [-0.4, -0.2) is 43.4 Å². The summed E-state index contributed by atoms with van der Waals surface area (Å²) in [5.74, 6) is -1.45. The number of rotatable bonds is 3. The lowest BCUT2D eigenvalue weighted by Gasteiger charge is -2.36. The first-order valence-corrected chi connectivity index (χ1v) is 9.20. The van der Waals surface area contributed by atoms with E-state index in [1.54, 1.807) is 16.7 Å². The Kier molecular flexibility index (Phi) is 5.43. The average molecular weight is 363 g/mol. The molecule has 0 radical (unpaired) electrons. The van der Waals surface area contributed by atoms with Crippen LogP contribution < -0.4 is 10.2 Å². The number of carbonyl (C=O) groups is 1. The number of carbonyl (C=O) groups excluding carboxylic acids is 1. The van der Waals surface area contributed by atoms with Crippen molar-refractivity contribution in [3.63, 3.8) is 0 Å². The van der Waals surface area contributed by atoms with Crippen molar-refractivity contribution in [2.45, 2.75) is 4.90 Å². The molecule has 0 bridgehead atoms. The van der Waals surface area contributed by atoms with Crippen molar-refractivity contribution in [2.24, 2.45) is 0 Å². The molecule has 132 valence electrons. The fraction of sp³-hybridized carbons (Fsp3) is 0.278. The number of hydrogen-bond donors (Lipinski definition) is 1. The quantitative estimate of drug-likeness (QED) is 0.836. The molecular weight excluding hydrogens is 344 g/mol. The third kappa shape index (κ3) is 4.04. The van der Waals surface area contributed by atoms with Gasteiger partial charge in [-0.05, 0) is 30.5 Å². The maximum atomic E-state index is 13.7. The van der Waals surface area contributed by atoms with Gasteiger partial charge in [-0.2, -0.15) is 0 Å². The zero-order valence-corrected chi connectivity index (χ0v) is 14.7. The summed E-state index contributed by atoms with van der Waals surface area (Å²) in [6.07, 6.45) is 2.04. The molecule has 0 spiro atoms. The highest BCUT2D eigenvalue weighted by Gasteiger charge is 2.23. The highest BCUT2D eigenvalue weighted by Crippen LogP contribution is 2.29. The summed E-state index contributed by atoms with van der Waals surface area (Å²) in [5, 5.41) is 2.51. The zero-order chi connectivity index (χ0) is 17.8. The molecule has 7 heteroatoms. The van der Waals surface area contributed by atoms with Crippen molar-refractivity contribution in [1.82, 2.24) is 4.90 Å². The van der Waals surface area contributed by atoms with Crippen LogP contribution in [0.5, 0.6) is 0 Å². The fourth-order valence-electron chi connectivity index (χ4n) is 2.83. The molecule has 2 aromatic rings. The molecule has 0 unspecified atom stereocenters. The van der Waals surface area contributed by atoms with E-state index in [1.807, 2.05) is 18.4 Å². The lowest BCUT2D eigenvalue weighted by molar-refractivity contribution is 0.208. The van der Waals surface area contributed by atoms with Crippen molar-refractivity contribution in [2.75, 3.05) is 42.7 Å². The first-order valence-electron chi connectivity index (χ1n) is 7.97. The van der Waals surface area contributed by atoms with Crippen LogP contribution in [0.1, 0.15) is 0 Å². The topological polar surface area (TPSA) is 35.6 Å². The van der Waals surface area contributed by atoms with Crippen LogP contribution in [-0.2, 0) is 0 Å². The standard InChI is InChI=1S/C18H19F2N3OS/c1-25-17-5-3-2-4-16(17)22-8-10-23(11-9-22)18(24)21-15-7-6-13(19)12-14(15)20/h2-7,12H,8-11H2,1H3,(H,21,24). The number of urea groups is 1. The van der Waals surface area contributed by atoms with Gasteiger partial charge in [0.15, 0.2) is 0 Å². The molecule has 0 aromatic heterocycles. The van der Waals surface area contributed by atoms with Crippen molar-refractivity contribution < 1.29 is 13.6 Å². The number of para-hydroxylation sites is 1. The van der Waals surface area contributed by atoms with Gasteiger partial charge in [-0.15, -0.1) is 11.8 Å². The molecule has 1 aliphatic heterocycles. The summed E-state index contributed by atoms with van der Waals surface area (Å²) >= 11 is 1.69. The number of piperazine rings is 1. The number of amides is 2. The molecule has 1 heterocycles. The van der Waals surface area contributed by atoms with Crippen molar-refractivity contribution in [3.05, 3.63) is 54.1 Å². The van der Waals surface area contributed by atoms with Gasteiger partial charge in [0.1, 0.15) is 11.6 Å². The maximum Gasteiger partial charge on any atom is 0.322 e. The SMILES string of the molecule is CSc1ccccc1N1CCN(C(=O)Nc2ccc(F)cc2F)CC1. The third-order valence-electron chi connectivity index (χ3n) is 4.17. The molecule has 1 saturated heterocycles. The Morgan fingerprint density at radius 3 is 2.48 bits per heavy atom. The first kappa shape index (κ1) is 17.5. The van der Waals surface area contributed by atoms with E-state index in [-0.39, 0.29) is 11.7 Å². The van der Waals surface area contributed by atoms with Gasteiger partial charge in [0.2, 0.25) is 0 Å². The van der Waals surface area contributed by atoms with Crippen molar-refractivity contribution >= 4 is 29.2 Å². The lowest BCUT2D eigenvalue weighted by atomic mass is 10.2. The molecule has 1 N–H and O–H groups in total. The van der Waals surface area contributed by atoms with Crippen LogP contribution in [0.4, 0.5) is 25.0 Å². The minimum absolute atomic E-state index is 0.0124. The van der Waals surface area contributed by atoms with E-state index in [2.05, 4.69) is 22.3 Å². The normalized spacial score (nSPS) is 14.5. The van der Waals surface area contributed by atoms with Gasteiger partial charge in [0.05, 0.1) is 11.4 Å². The third-order valence-corrected chi connectivity index (χ3v) is 4.95. The molecule has 1 aliphatic rings. The van der Waals surface area contributed by atoms with Crippen LogP contribution in [0.15, 0.2) is 47.4 Å². The van der Waals surface area contributed by atoms with Gasteiger partial charge in [-0.25, -0.2) is 13.6 Å². The Morgan fingerprint density at radius 1 is 1.08 bits per heavy atom. The molecule has 25 heavy (non-hydrogen) atoms. The molecule has 2 amide bonds. The van der Waals surface area contributed by atoms with Crippen molar-refractivity contribution in [3.8, 4) is 0 Å². The number of anilines is 2. The summed E-state index contributed by atoms with van der Waals surface area (Å²) in [6, 6.07) is 10.9. The summed E-state index contributed by atoms with van der Waals surface area (Å²) in [4.78, 5) is 17.4.